The first-order valence-electron chi connectivity index (χ1n) is 5.42. The van der Waals surface area contributed by atoms with Gasteiger partial charge in [0, 0.05) is 0 Å². The van der Waals surface area contributed by atoms with Crippen LogP contribution in [-0.4, -0.2) is 25.5 Å². The third-order valence-corrected chi connectivity index (χ3v) is 1.21. The zero-order valence-corrected chi connectivity index (χ0v) is 10.3. The van der Waals surface area contributed by atoms with Gasteiger partial charge in [-0.3, -0.25) is 0 Å². The van der Waals surface area contributed by atoms with Gasteiger partial charge in [-0.2, -0.15) is 0 Å². The van der Waals surface area contributed by atoms with Gasteiger partial charge in [0.05, 0.1) is 0 Å². The molecule has 0 atom stereocenters. The summed E-state index contributed by atoms with van der Waals surface area (Å²) in [6.07, 6.45) is 4.05. The monoisotopic (exact) mass is 175 g/mol. The molecule has 1 nitrogen and oxygen atoms in total. The third kappa shape index (κ3) is 32.5. The average Bonchev–Trinajstić information content (AvgIpc) is 2.12. The van der Waals surface area contributed by atoms with Gasteiger partial charge in [0.25, 0.3) is 0 Å². The summed E-state index contributed by atoms with van der Waals surface area (Å²) in [5, 5.41) is 0. The zero-order chi connectivity index (χ0) is 10.4. The van der Waals surface area contributed by atoms with E-state index in [0.29, 0.717) is 0 Å². The normalized spacial score (nSPS) is 8.00. The average molecular weight is 175 g/mol. The van der Waals surface area contributed by atoms with Gasteiger partial charge in [-0.25, -0.2) is 0 Å². The summed E-state index contributed by atoms with van der Waals surface area (Å²) < 4.78 is 0. The number of nitrogens with zero attached hydrogens (tertiary/aromatic N) is 1. The summed E-state index contributed by atoms with van der Waals surface area (Å²) >= 11 is 0. The highest BCUT2D eigenvalue weighted by molar-refractivity contribution is 4.42. The molecule has 0 bridgehead atoms. The minimum atomic E-state index is 1.24. The SMILES string of the molecule is CC.CC.CCCCCN(C)C. The lowest BCUT2D eigenvalue weighted by Gasteiger charge is -2.06. The van der Waals surface area contributed by atoms with Crippen LogP contribution in [-0.2, 0) is 0 Å². The van der Waals surface area contributed by atoms with Crippen LogP contribution in [0.3, 0.4) is 0 Å². The molecule has 0 N–H and O–H groups in total. The Morgan fingerprint density at radius 2 is 1.25 bits per heavy atom. The molecule has 0 spiro atoms. The van der Waals surface area contributed by atoms with Crippen molar-refractivity contribution in [3.63, 3.8) is 0 Å². The molecule has 0 aliphatic carbocycles. The van der Waals surface area contributed by atoms with Crippen molar-refractivity contribution in [3.05, 3.63) is 0 Å². The fourth-order valence-electron chi connectivity index (χ4n) is 0.678. The molecule has 1 heteroatoms. The van der Waals surface area contributed by atoms with E-state index >= 15 is 0 Å². The van der Waals surface area contributed by atoms with Crippen LogP contribution in [0.25, 0.3) is 0 Å². The summed E-state index contributed by atoms with van der Waals surface area (Å²) in [5.74, 6) is 0. The predicted molar refractivity (Wildman–Crippen MR) is 60.8 cm³/mol. The lowest BCUT2D eigenvalue weighted by Crippen LogP contribution is -2.12. The quantitative estimate of drug-likeness (QED) is 0.588. The Morgan fingerprint density at radius 3 is 1.50 bits per heavy atom. The second kappa shape index (κ2) is 22.4. The second-order valence-electron chi connectivity index (χ2n) is 2.51. The van der Waals surface area contributed by atoms with Crippen LogP contribution in [0.4, 0.5) is 0 Å². The van der Waals surface area contributed by atoms with Crippen molar-refractivity contribution < 1.29 is 0 Å². The van der Waals surface area contributed by atoms with Gasteiger partial charge in [-0.1, -0.05) is 47.5 Å². The van der Waals surface area contributed by atoms with Crippen molar-refractivity contribution in [2.24, 2.45) is 0 Å². The minimum Gasteiger partial charge on any atom is -0.309 e. The lowest BCUT2D eigenvalue weighted by molar-refractivity contribution is 0.393. The maximum atomic E-state index is 2.23. The third-order valence-electron chi connectivity index (χ3n) is 1.21. The standard InChI is InChI=1S/C7H17N.2C2H6/c1-4-5-6-7-8(2)3;2*1-2/h4-7H2,1-3H3;2*1-2H3. The molecule has 0 aliphatic heterocycles. The van der Waals surface area contributed by atoms with Gasteiger partial charge in [-0.05, 0) is 27.1 Å². The number of unbranched alkanes of at least 4 members (excludes halogenated alkanes) is 2. The molecule has 0 aliphatic rings. The molecule has 0 aromatic rings. The van der Waals surface area contributed by atoms with Crippen LogP contribution in [0, 0.1) is 0 Å². The predicted octanol–water partition coefficient (Wildman–Crippen LogP) is 3.79. The van der Waals surface area contributed by atoms with E-state index in [-0.39, 0.29) is 0 Å². The fourth-order valence-corrected chi connectivity index (χ4v) is 0.678. The molecule has 12 heavy (non-hydrogen) atoms. The molecule has 0 rings (SSSR count). The smallest absolute Gasteiger partial charge is 0.00248 e. The molecule has 0 heterocycles. The van der Waals surface area contributed by atoms with E-state index in [1.807, 2.05) is 27.7 Å². The first-order chi connectivity index (χ1) is 5.77. The van der Waals surface area contributed by atoms with Crippen LogP contribution < -0.4 is 0 Å². The number of rotatable bonds is 4. The molecule has 0 unspecified atom stereocenters. The van der Waals surface area contributed by atoms with Crippen LogP contribution in [0.1, 0.15) is 53.9 Å². The summed E-state index contributed by atoms with van der Waals surface area (Å²) in [6.45, 7) is 11.5. The van der Waals surface area contributed by atoms with Crippen molar-refractivity contribution in [2.75, 3.05) is 20.6 Å². The highest BCUT2D eigenvalue weighted by Gasteiger charge is 1.86. The molecular weight excluding hydrogens is 146 g/mol. The fraction of sp³-hybridized carbons (Fsp3) is 1.00. The van der Waals surface area contributed by atoms with E-state index in [2.05, 4.69) is 25.9 Å². The zero-order valence-electron chi connectivity index (χ0n) is 10.3. The minimum absolute atomic E-state index is 1.24. The van der Waals surface area contributed by atoms with Crippen LogP contribution in [0.15, 0.2) is 0 Å². The van der Waals surface area contributed by atoms with E-state index in [1.165, 1.54) is 25.8 Å². The summed E-state index contributed by atoms with van der Waals surface area (Å²) in [4.78, 5) is 2.23. The molecule has 0 fully saturated rings. The molecule has 0 amide bonds. The summed E-state index contributed by atoms with van der Waals surface area (Å²) in [5.41, 5.74) is 0. The van der Waals surface area contributed by atoms with E-state index < -0.39 is 0 Å². The maximum absolute atomic E-state index is 2.23. The van der Waals surface area contributed by atoms with E-state index in [4.69, 9.17) is 0 Å². The van der Waals surface area contributed by atoms with E-state index in [0.717, 1.165) is 0 Å². The van der Waals surface area contributed by atoms with Crippen LogP contribution in [0.5, 0.6) is 0 Å². The lowest BCUT2D eigenvalue weighted by atomic mass is 10.2. The van der Waals surface area contributed by atoms with Crippen molar-refractivity contribution in [2.45, 2.75) is 53.9 Å². The first kappa shape index (κ1) is 17.9. The summed E-state index contributed by atoms with van der Waals surface area (Å²) in [6, 6.07) is 0. The topological polar surface area (TPSA) is 3.24 Å². The molecule has 0 aromatic heterocycles. The van der Waals surface area contributed by atoms with E-state index in [9.17, 15) is 0 Å². The van der Waals surface area contributed by atoms with Crippen molar-refractivity contribution >= 4 is 0 Å². The van der Waals surface area contributed by atoms with E-state index in [1.54, 1.807) is 0 Å². The van der Waals surface area contributed by atoms with Crippen molar-refractivity contribution in [1.29, 1.82) is 0 Å². The van der Waals surface area contributed by atoms with Crippen LogP contribution >= 0.6 is 0 Å². The summed E-state index contributed by atoms with van der Waals surface area (Å²) in [7, 11) is 4.24. The Labute approximate surface area is 80.2 Å². The molecule has 0 aromatic carbocycles. The molecule has 78 valence electrons. The largest absolute Gasteiger partial charge is 0.309 e. The van der Waals surface area contributed by atoms with Crippen molar-refractivity contribution in [1.82, 2.24) is 4.90 Å². The van der Waals surface area contributed by atoms with Gasteiger partial charge in [0.15, 0.2) is 0 Å². The Kier molecular flexibility index (Phi) is 33.5. The van der Waals surface area contributed by atoms with Crippen LogP contribution in [0.2, 0.25) is 0 Å². The first-order valence-corrected chi connectivity index (χ1v) is 5.42. The second-order valence-corrected chi connectivity index (χ2v) is 2.51. The van der Waals surface area contributed by atoms with Gasteiger partial charge < -0.3 is 4.90 Å². The maximum Gasteiger partial charge on any atom is -0.00248 e. The van der Waals surface area contributed by atoms with Gasteiger partial charge >= 0.3 is 0 Å². The molecular formula is C11H29N. The van der Waals surface area contributed by atoms with Gasteiger partial charge in [0.1, 0.15) is 0 Å². The van der Waals surface area contributed by atoms with Gasteiger partial charge in [0.2, 0.25) is 0 Å². The Morgan fingerprint density at radius 1 is 0.833 bits per heavy atom. The van der Waals surface area contributed by atoms with Gasteiger partial charge in [-0.15, -0.1) is 0 Å². The molecule has 0 radical (unpaired) electrons. The highest BCUT2D eigenvalue weighted by Crippen LogP contribution is 1.93. The highest BCUT2D eigenvalue weighted by atomic mass is 15.0. The Hall–Kier alpha value is -0.0400. The van der Waals surface area contributed by atoms with Crippen molar-refractivity contribution in [3.8, 4) is 0 Å². The molecule has 0 saturated heterocycles. The Balaban J connectivity index is -0.000000175. The number of hydrogen-bond donors (Lipinski definition) is 0. The molecule has 0 saturated carbocycles. The number of hydrogen-bond acceptors (Lipinski definition) is 1. The Bertz CT molecular complexity index is 42.3.